The van der Waals surface area contributed by atoms with Crippen molar-refractivity contribution in [2.75, 3.05) is 18.4 Å². The Hall–Kier alpha value is -3.09. The molecule has 1 unspecified atom stereocenters. The smallest absolute Gasteiger partial charge is 0.307 e. The highest BCUT2D eigenvalue weighted by Gasteiger charge is 2.59. The van der Waals surface area contributed by atoms with Gasteiger partial charge in [0.15, 0.2) is 5.76 Å². The topological polar surface area (TPSA) is 99.9 Å². The van der Waals surface area contributed by atoms with Crippen molar-refractivity contribution in [1.29, 1.82) is 0 Å². The van der Waals surface area contributed by atoms with Crippen molar-refractivity contribution in [3.63, 3.8) is 0 Å². The minimum Gasteiger partial charge on any atom is -0.481 e. The van der Waals surface area contributed by atoms with E-state index in [1.807, 2.05) is 6.92 Å². The second-order valence-electron chi connectivity index (χ2n) is 7.71. The van der Waals surface area contributed by atoms with E-state index in [0.29, 0.717) is 24.3 Å². The number of nitrogens with zero attached hydrogens (tertiary/aromatic N) is 1. The normalized spacial score (nSPS) is 20.0. The Bertz CT molecular complexity index is 926. The molecule has 1 aromatic carbocycles. The number of carboxylic acid groups (broad SMARTS) is 1. The number of hydrogen-bond acceptors (Lipinski definition) is 4. The van der Waals surface area contributed by atoms with E-state index in [1.54, 1.807) is 35.2 Å². The van der Waals surface area contributed by atoms with Gasteiger partial charge in [-0.25, -0.2) is 0 Å². The van der Waals surface area contributed by atoms with Gasteiger partial charge in [-0.1, -0.05) is 6.07 Å². The van der Waals surface area contributed by atoms with E-state index < -0.39 is 5.97 Å². The maximum Gasteiger partial charge on any atom is 0.307 e. The molecule has 2 fully saturated rings. The summed E-state index contributed by atoms with van der Waals surface area (Å²) in [5.74, 6) is -1.25. The molecule has 2 amide bonds. The van der Waals surface area contributed by atoms with Crippen LogP contribution in [0, 0.1) is 18.3 Å². The van der Waals surface area contributed by atoms with Crippen molar-refractivity contribution in [1.82, 2.24) is 4.90 Å². The van der Waals surface area contributed by atoms with Gasteiger partial charge in [-0.3, -0.25) is 14.4 Å². The van der Waals surface area contributed by atoms with E-state index in [1.165, 1.54) is 6.26 Å². The molecule has 2 aliphatic rings. The Morgan fingerprint density at radius 3 is 2.57 bits per heavy atom. The largest absolute Gasteiger partial charge is 0.481 e. The maximum absolute atomic E-state index is 12.9. The number of aryl methyl sites for hydroxylation is 1. The van der Waals surface area contributed by atoms with Crippen molar-refractivity contribution in [2.24, 2.45) is 11.3 Å². The Morgan fingerprint density at radius 2 is 1.96 bits per heavy atom. The second kappa shape index (κ2) is 6.82. The molecule has 7 nitrogen and oxygen atoms in total. The van der Waals surface area contributed by atoms with Crippen molar-refractivity contribution in [3.8, 4) is 0 Å². The molecule has 0 bridgehead atoms. The quantitative estimate of drug-likeness (QED) is 0.846. The molecule has 2 heterocycles. The summed E-state index contributed by atoms with van der Waals surface area (Å²) in [4.78, 5) is 38.1. The van der Waals surface area contributed by atoms with Crippen LogP contribution in [0.25, 0.3) is 0 Å². The Labute approximate surface area is 162 Å². The van der Waals surface area contributed by atoms with Crippen LogP contribution in [0.15, 0.2) is 41.0 Å². The summed E-state index contributed by atoms with van der Waals surface area (Å²) in [5, 5.41) is 12.0. The summed E-state index contributed by atoms with van der Waals surface area (Å²) in [7, 11) is 0. The zero-order chi connectivity index (χ0) is 19.9. The number of amides is 2. The predicted molar refractivity (Wildman–Crippen MR) is 101 cm³/mol. The third-order valence-electron chi connectivity index (χ3n) is 6.01. The molecule has 1 atom stereocenters. The van der Waals surface area contributed by atoms with E-state index >= 15 is 0 Å². The number of hydrogen-bond donors (Lipinski definition) is 2. The molecule has 1 aliphatic carbocycles. The highest BCUT2D eigenvalue weighted by molar-refractivity contribution is 6.04. The molecule has 1 aromatic heterocycles. The zero-order valence-corrected chi connectivity index (χ0v) is 15.6. The van der Waals surface area contributed by atoms with Gasteiger partial charge in [0, 0.05) is 24.3 Å². The molecule has 1 spiro atoms. The molecule has 146 valence electrons. The first kappa shape index (κ1) is 18.3. The highest BCUT2D eigenvalue weighted by Crippen LogP contribution is 2.59. The third kappa shape index (κ3) is 3.28. The van der Waals surface area contributed by atoms with Gasteiger partial charge in [0.25, 0.3) is 11.8 Å². The van der Waals surface area contributed by atoms with E-state index in [9.17, 15) is 19.5 Å². The lowest BCUT2D eigenvalue weighted by molar-refractivity contribution is -0.139. The lowest BCUT2D eigenvalue weighted by Crippen LogP contribution is -2.40. The van der Waals surface area contributed by atoms with Gasteiger partial charge in [0.05, 0.1) is 12.2 Å². The first-order valence-electron chi connectivity index (χ1n) is 9.37. The number of likely N-dealkylation sites (tertiary alicyclic amines) is 1. The minimum atomic E-state index is -0.727. The zero-order valence-electron chi connectivity index (χ0n) is 15.6. The van der Waals surface area contributed by atoms with Crippen LogP contribution in [-0.4, -0.2) is 40.9 Å². The molecule has 28 heavy (non-hydrogen) atoms. The Kier molecular flexibility index (Phi) is 4.45. The molecular formula is C21H22N2O5. The summed E-state index contributed by atoms with van der Waals surface area (Å²) >= 11 is 0. The molecular weight excluding hydrogens is 360 g/mol. The van der Waals surface area contributed by atoms with E-state index in [2.05, 4.69) is 5.32 Å². The Morgan fingerprint density at radius 1 is 1.21 bits per heavy atom. The maximum atomic E-state index is 12.9. The van der Waals surface area contributed by atoms with Crippen molar-refractivity contribution in [3.05, 3.63) is 53.5 Å². The van der Waals surface area contributed by atoms with Crippen LogP contribution in [0.3, 0.4) is 0 Å². The molecule has 2 aromatic rings. The minimum absolute atomic E-state index is 0.101. The molecule has 1 aliphatic heterocycles. The predicted octanol–water partition coefficient (Wildman–Crippen LogP) is 3.17. The molecule has 1 saturated heterocycles. The fourth-order valence-corrected chi connectivity index (χ4v) is 4.07. The number of piperidine rings is 1. The van der Waals surface area contributed by atoms with E-state index in [-0.39, 0.29) is 28.9 Å². The monoisotopic (exact) mass is 382 g/mol. The van der Waals surface area contributed by atoms with Crippen molar-refractivity contribution < 1.29 is 23.9 Å². The van der Waals surface area contributed by atoms with Gasteiger partial charge in [-0.2, -0.15) is 0 Å². The first-order valence-corrected chi connectivity index (χ1v) is 9.37. The van der Waals surface area contributed by atoms with E-state index in [4.69, 9.17) is 4.42 Å². The van der Waals surface area contributed by atoms with Crippen LogP contribution in [-0.2, 0) is 4.79 Å². The number of rotatable bonds is 4. The van der Waals surface area contributed by atoms with Crippen LogP contribution in [0.2, 0.25) is 0 Å². The van der Waals surface area contributed by atoms with Crippen LogP contribution in [0.1, 0.15) is 45.7 Å². The van der Waals surface area contributed by atoms with Gasteiger partial charge in [-0.15, -0.1) is 0 Å². The average molecular weight is 382 g/mol. The SMILES string of the molecule is Cc1ccc(C(=O)N2CCC3(CC2)CC3C(=O)O)cc1NC(=O)c1ccco1. The standard InChI is InChI=1S/C21H22N2O5/c1-13-4-5-14(11-16(13)22-18(24)17-3-2-10-28-17)19(25)23-8-6-21(7-9-23)12-15(21)20(26)27/h2-5,10-11,15H,6-9,12H2,1H3,(H,22,24)(H,26,27). The van der Waals surface area contributed by atoms with Crippen LogP contribution in [0.4, 0.5) is 5.69 Å². The molecule has 1 saturated carbocycles. The van der Waals surface area contributed by atoms with Crippen molar-refractivity contribution >= 4 is 23.5 Å². The number of anilines is 1. The molecule has 2 N–H and O–H groups in total. The highest BCUT2D eigenvalue weighted by atomic mass is 16.4. The summed E-state index contributed by atoms with van der Waals surface area (Å²) in [6, 6.07) is 8.45. The molecule has 7 heteroatoms. The number of aliphatic carboxylic acids is 1. The van der Waals surface area contributed by atoms with Gasteiger partial charge < -0.3 is 19.7 Å². The number of furan rings is 1. The van der Waals surface area contributed by atoms with Crippen LogP contribution in [0.5, 0.6) is 0 Å². The number of benzene rings is 1. The Balaban J connectivity index is 1.44. The summed E-state index contributed by atoms with van der Waals surface area (Å²) in [6.07, 6.45) is 3.60. The fraction of sp³-hybridized carbons (Fsp3) is 0.381. The fourth-order valence-electron chi connectivity index (χ4n) is 4.07. The summed E-state index contributed by atoms with van der Waals surface area (Å²) < 4.78 is 5.10. The van der Waals surface area contributed by atoms with E-state index in [0.717, 1.165) is 24.8 Å². The van der Waals surface area contributed by atoms with Gasteiger partial charge in [0.1, 0.15) is 0 Å². The summed E-state index contributed by atoms with van der Waals surface area (Å²) in [6.45, 7) is 2.98. The lowest BCUT2D eigenvalue weighted by atomic mass is 9.90. The molecule has 0 radical (unpaired) electrons. The first-order chi connectivity index (χ1) is 13.4. The van der Waals surface area contributed by atoms with Crippen LogP contribution >= 0.6 is 0 Å². The van der Waals surface area contributed by atoms with Gasteiger partial charge in [0.2, 0.25) is 0 Å². The number of nitrogens with one attached hydrogen (secondary N) is 1. The summed E-state index contributed by atoms with van der Waals surface area (Å²) in [5.41, 5.74) is 1.80. The number of carbonyl (C=O) groups excluding carboxylic acids is 2. The average Bonchev–Trinajstić information content (AvgIpc) is 3.12. The number of carboxylic acids is 1. The van der Waals surface area contributed by atoms with Crippen molar-refractivity contribution in [2.45, 2.75) is 26.2 Å². The third-order valence-corrected chi connectivity index (χ3v) is 6.01. The lowest BCUT2D eigenvalue weighted by Gasteiger charge is -2.32. The second-order valence-corrected chi connectivity index (χ2v) is 7.71. The van der Waals surface area contributed by atoms with Gasteiger partial charge >= 0.3 is 5.97 Å². The number of carbonyl (C=O) groups is 3. The molecule has 4 rings (SSSR count). The van der Waals surface area contributed by atoms with Crippen LogP contribution < -0.4 is 5.32 Å². The van der Waals surface area contributed by atoms with Gasteiger partial charge in [-0.05, 0) is 61.4 Å².